The summed E-state index contributed by atoms with van der Waals surface area (Å²) >= 11 is 0. The van der Waals surface area contributed by atoms with Gasteiger partial charge in [-0.2, -0.15) is 0 Å². The number of para-hydroxylation sites is 3. The van der Waals surface area contributed by atoms with Crippen LogP contribution >= 0.6 is 0 Å². The van der Waals surface area contributed by atoms with Crippen LogP contribution in [0.5, 0.6) is 5.75 Å². The number of nitrogens with zero attached hydrogens (tertiary/aromatic N) is 2. The Morgan fingerprint density at radius 2 is 1.77 bits per heavy atom. The number of fused-ring (bicyclic) bond motifs is 8. The molecule has 0 aliphatic carbocycles. The van der Waals surface area contributed by atoms with Crippen LogP contribution in [0, 0.1) is 6.92 Å². The second-order valence-corrected chi connectivity index (χ2v) is 5.78. The molecular formula is C18H13BN2O. The van der Waals surface area contributed by atoms with Gasteiger partial charge in [-0.25, -0.2) is 0 Å². The summed E-state index contributed by atoms with van der Waals surface area (Å²) in [6.45, 7) is 2.07. The largest absolute Gasteiger partial charge is 0.536 e. The number of benzene rings is 2. The van der Waals surface area contributed by atoms with Crippen LogP contribution in [0.4, 0.5) is 11.4 Å². The summed E-state index contributed by atoms with van der Waals surface area (Å²) in [6, 6.07) is 18.8. The van der Waals surface area contributed by atoms with E-state index >= 15 is 0 Å². The second-order valence-electron chi connectivity index (χ2n) is 5.78. The fourth-order valence-electron chi connectivity index (χ4n) is 3.40. The summed E-state index contributed by atoms with van der Waals surface area (Å²) in [5, 5.41) is 0. The highest BCUT2D eigenvalue weighted by atomic mass is 16.5. The molecule has 0 saturated carbocycles. The quantitative estimate of drug-likeness (QED) is 0.592. The van der Waals surface area contributed by atoms with Crippen molar-refractivity contribution >= 4 is 23.9 Å². The normalized spacial score (nSPS) is 13.9. The van der Waals surface area contributed by atoms with E-state index in [1.807, 2.05) is 18.3 Å². The maximum absolute atomic E-state index is 6.24. The van der Waals surface area contributed by atoms with Crippen molar-refractivity contribution in [3.8, 4) is 17.0 Å². The van der Waals surface area contributed by atoms with Crippen LogP contribution in [0.25, 0.3) is 11.3 Å². The fraction of sp³-hybridized carbons (Fsp3) is 0.0556. The minimum absolute atomic E-state index is 0.130. The van der Waals surface area contributed by atoms with Crippen molar-refractivity contribution in [2.45, 2.75) is 6.92 Å². The molecule has 3 nitrogen and oxygen atoms in total. The molecule has 1 aromatic heterocycles. The van der Waals surface area contributed by atoms with E-state index in [-0.39, 0.29) is 7.05 Å². The molecule has 22 heavy (non-hydrogen) atoms. The van der Waals surface area contributed by atoms with Crippen LogP contribution in [-0.4, -0.2) is 12.0 Å². The Morgan fingerprint density at radius 1 is 1.00 bits per heavy atom. The van der Waals surface area contributed by atoms with Gasteiger partial charge < -0.3 is 9.47 Å². The summed E-state index contributed by atoms with van der Waals surface area (Å²) in [6.07, 6.45) is 1.92. The summed E-state index contributed by atoms with van der Waals surface area (Å²) in [5.74, 6) is 0.927. The average Bonchev–Trinajstić information content (AvgIpc) is 2.95. The number of hydrogen-bond acceptors (Lipinski definition) is 3. The van der Waals surface area contributed by atoms with Crippen molar-refractivity contribution in [2.24, 2.45) is 0 Å². The van der Waals surface area contributed by atoms with Crippen LogP contribution < -0.4 is 14.9 Å². The summed E-state index contributed by atoms with van der Waals surface area (Å²) in [7, 11) is -0.130. The Hall–Kier alpha value is -2.75. The van der Waals surface area contributed by atoms with Crippen LogP contribution in [0.1, 0.15) is 5.56 Å². The third kappa shape index (κ3) is 1.44. The first-order valence-corrected chi connectivity index (χ1v) is 7.44. The van der Waals surface area contributed by atoms with Crippen molar-refractivity contribution in [1.82, 2.24) is 4.98 Å². The van der Waals surface area contributed by atoms with Crippen molar-refractivity contribution in [3.05, 3.63) is 66.4 Å². The van der Waals surface area contributed by atoms with E-state index in [1.165, 1.54) is 0 Å². The first kappa shape index (κ1) is 11.9. The highest BCUT2D eigenvalue weighted by Gasteiger charge is 2.45. The second kappa shape index (κ2) is 4.13. The Morgan fingerprint density at radius 3 is 2.68 bits per heavy atom. The Balaban J connectivity index is 1.85. The van der Waals surface area contributed by atoms with Gasteiger partial charge in [0.15, 0.2) is 0 Å². The SMILES string of the molecule is Cc1cnc2c(c1)B1Oc3ccccc3N1c1ccccc1-2. The Labute approximate surface area is 129 Å². The Bertz CT molecular complexity index is 909. The van der Waals surface area contributed by atoms with Gasteiger partial charge in [-0.15, -0.1) is 0 Å². The summed E-state index contributed by atoms with van der Waals surface area (Å²) in [5.41, 5.74) is 6.74. The van der Waals surface area contributed by atoms with Gasteiger partial charge in [0.2, 0.25) is 0 Å². The fourth-order valence-corrected chi connectivity index (χ4v) is 3.40. The molecule has 3 heterocycles. The predicted molar refractivity (Wildman–Crippen MR) is 89.0 cm³/mol. The molecule has 104 valence electrons. The minimum Gasteiger partial charge on any atom is -0.536 e. The molecule has 2 aromatic carbocycles. The number of aryl methyl sites for hydroxylation is 1. The van der Waals surface area contributed by atoms with Gasteiger partial charge in [0.1, 0.15) is 5.75 Å². The van der Waals surface area contributed by atoms with E-state index in [2.05, 4.69) is 59.2 Å². The van der Waals surface area contributed by atoms with E-state index in [1.54, 1.807) is 0 Å². The zero-order valence-corrected chi connectivity index (χ0v) is 12.2. The van der Waals surface area contributed by atoms with Gasteiger partial charge in [-0.3, -0.25) is 4.98 Å². The van der Waals surface area contributed by atoms with Crippen LogP contribution in [0.15, 0.2) is 60.8 Å². The number of aromatic nitrogens is 1. The van der Waals surface area contributed by atoms with Gasteiger partial charge in [-0.1, -0.05) is 36.4 Å². The van der Waals surface area contributed by atoms with Crippen LogP contribution in [-0.2, 0) is 0 Å². The van der Waals surface area contributed by atoms with Crippen molar-refractivity contribution in [2.75, 3.05) is 4.81 Å². The lowest BCUT2D eigenvalue weighted by molar-refractivity contribution is 0.603. The summed E-state index contributed by atoms with van der Waals surface area (Å²) in [4.78, 5) is 6.95. The van der Waals surface area contributed by atoms with Crippen molar-refractivity contribution in [1.29, 1.82) is 0 Å². The number of rotatable bonds is 0. The highest BCUT2D eigenvalue weighted by molar-refractivity contribution is 6.77. The lowest BCUT2D eigenvalue weighted by Crippen LogP contribution is -2.50. The molecule has 4 heteroatoms. The van der Waals surface area contributed by atoms with Crippen LogP contribution in [0.2, 0.25) is 0 Å². The van der Waals surface area contributed by atoms with E-state index in [0.29, 0.717) is 0 Å². The standard InChI is InChI=1S/C18H13BN2O/c1-12-10-14-18(20-11-12)13-6-2-3-7-15(13)21-16-8-4-5-9-17(16)22-19(14)21/h2-11H,1H3. The van der Waals surface area contributed by atoms with Gasteiger partial charge in [0.05, 0.1) is 11.4 Å². The van der Waals surface area contributed by atoms with Gasteiger partial charge in [0.25, 0.3) is 0 Å². The molecule has 0 bridgehead atoms. The number of hydrogen-bond donors (Lipinski definition) is 0. The molecule has 0 fully saturated rings. The van der Waals surface area contributed by atoms with Crippen LogP contribution in [0.3, 0.4) is 0 Å². The number of anilines is 2. The maximum atomic E-state index is 6.24. The maximum Gasteiger partial charge on any atom is 0.526 e. The van der Waals surface area contributed by atoms with Gasteiger partial charge in [0, 0.05) is 22.9 Å². The topological polar surface area (TPSA) is 25.4 Å². The molecule has 0 spiro atoms. The first-order valence-electron chi connectivity index (χ1n) is 7.44. The monoisotopic (exact) mass is 284 g/mol. The molecule has 5 rings (SSSR count). The first-order chi connectivity index (χ1) is 10.8. The smallest absolute Gasteiger partial charge is 0.526 e. The molecule has 0 saturated heterocycles. The lowest BCUT2D eigenvalue weighted by atomic mass is 9.66. The molecule has 0 amide bonds. The zero-order chi connectivity index (χ0) is 14.7. The minimum atomic E-state index is -0.130. The summed E-state index contributed by atoms with van der Waals surface area (Å²) < 4.78 is 6.24. The Kier molecular flexibility index (Phi) is 2.23. The molecule has 0 unspecified atom stereocenters. The molecule has 0 radical (unpaired) electrons. The zero-order valence-electron chi connectivity index (χ0n) is 12.2. The third-order valence-electron chi connectivity index (χ3n) is 4.34. The lowest BCUT2D eigenvalue weighted by Gasteiger charge is -2.30. The molecule has 0 N–H and O–H groups in total. The van der Waals surface area contributed by atoms with E-state index < -0.39 is 0 Å². The molecule has 2 aliphatic heterocycles. The van der Waals surface area contributed by atoms with Gasteiger partial charge >= 0.3 is 7.05 Å². The van der Waals surface area contributed by atoms with Crippen molar-refractivity contribution in [3.63, 3.8) is 0 Å². The van der Waals surface area contributed by atoms with E-state index in [0.717, 1.165) is 39.4 Å². The molecule has 2 aliphatic rings. The molecule has 0 atom stereocenters. The average molecular weight is 284 g/mol. The third-order valence-corrected chi connectivity index (χ3v) is 4.34. The predicted octanol–water partition coefficient (Wildman–Crippen LogP) is 3.30. The van der Waals surface area contributed by atoms with Gasteiger partial charge in [-0.05, 0) is 30.7 Å². The highest BCUT2D eigenvalue weighted by Crippen LogP contribution is 2.46. The molecule has 3 aromatic rings. The van der Waals surface area contributed by atoms with Crippen molar-refractivity contribution < 1.29 is 4.65 Å². The molecular weight excluding hydrogens is 271 g/mol. The van der Waals surface area contributed by atoms with E-state index in [9.17, 15) is 0 Å². The number of pyridine rings is 1. The van der Waals surface area contributed by atoms with E-state index in [4.69, 9.17) is 4.65 Å².